The lowest BCUT2D eigenvalue weighted by atomic mass is 10.1. The van der Waals surface area contributed by atoms with Crippen molar-refractivity contribution in [3.05, 3.63) is 45.8 Å². The van der Waals surface area contributed by atoms with Crippen molar-refractivity contribution in [1.29, 1.82) is 0 Å². The molecule has 0 aliphatic carbocycles. The summed E-state index contributed by atoms with van der Waals surface area (Å²) in [6.45, 7) is 7.38. The van der Waals surface area contributed by atoms with Crippen LogP contribution in [0, 0.1) is 6.92 Å². The first kappa shape index (κ1) is 13.6. The van der Waals surface area contributed by atoms with Crippen molar-refractivity contribution in [3.8, 4) is 10.4 Å². The zero-order valence-electron chi connectivity index (χ0n) is 11.0. The molecule has 0 fully saturated rings. The minimum absolute atomic E-state index is 0.517. The number of hydrogen-bond donors (Lipinski definition) is 1. The van der Waals surface area contributed by atoms with E-state index in [0.717, 1.165) is 11.6 Å². The van der Waals surface area contributed by atoms with Crippen LogP contribution in [0.3, 0.4) is 0 Å². The van der Waals surface area contributed by atoms with Gasteiger partial charge in [0.05, 0.1) is 0 Å². The molecule has 0 saturated heterocycles. The van der Waals surface area contributed by atoms with Crippen molar-refractivity contribution in [2.75, 3.05) is 0 Å². The highest BCUT2D eigenvalue weighted by molar-refractivity contribution is 7.15. The Balaban J connectivity index is 2.21. The number of benzene rings is 1. The first-order chi connectivity index (χ1) is 8.56. The van der Waals surface area contributed by atoms with Crippen LogP contribution in [0.2, 0.25) is 5.02 Å². The highest BCUT2D eigenvalue weighted by Gasteiger charge is 2.06. The van der Waals surface area contributed by atoms with E-state index in [1.807, 2.05) is 23.5 Å². The summed E-state index contributed by atoms with van der Waals surface area (Å²) in [6, 6.07) is 10.9. The van der Waals surface area contributed by atoms with Crippen LogP contribution in [0.5, 0.6) is 0 Å². The molecular formula is C15H18ClNS. The molecule has 1 aromatic heterocycles. The summed E-state index contributed by atoms with van der Waals surface area (Å²) in [5, 5.41) is 4.23. The first-order valence-corrected chi connectivity index (χ1v) is 7.34. The van der Waals surface area contributed by atoms with Gasteiger partial charge < -0.3 is 5.32 Å². The van der Waals surface area contributed by atoms with Gasteiger partial charge in [-0.3, -0.25) is 0 Å². The molecule has 0 amide bonds. The van der Waals surface area contributed by atoms with Gasteiger partial charge in [-0.1, -0.05) is 31.5 Å². The Bertz CT molecular complexity index is 531. The fraction of sp³-hybridized carbons (Fsp3) is 0.333. The maximum atomic E-state index is 6.07. The highest BCUT2D eigenvalue weighted by atomic mass is 35.5. The van der Waals surface area contributed by atoms with Crippen molar-refractivity contribution >= 4 is 22.9 Å². The second kappa shape index (κ2) is 5.87. The lowest BCUT2D eigenvalue weighted by molar-refractivity contribution is 0.593. The SMILES string of the molecule is Cc1ccc(Cl)cc1-c1ccc(CNC(C)C)s1. The molecule has 0 aliphatic rings. The summed E-state index contributed by atoms with van der Waals surface area (Å²) in [5.41, 5.74) is 2.51. The lowest BCUT2D eigenvalue weighted by Crippen LogP contribution is -2.21. The highest BCUT2D eigenvalue weighted by Crippen LogP contribution is 2.32. The fourth-order valence-corrected chi connectivity index (χ4v) is 2.99. The molecule has 1 nitrogen and oxygen atoms in total. The Kier molecular flexibility index (Phi) is 4.44. The Hall–Kier alpha value is -0.830. The van der Waals surface area contributed by atoms with Gasteiger partial charge in [-0.05, 0) is 42.3 Å². The van der Waals surface area contributed by atoms with Gasteiger partial charge in [0.25, 0.3) is 0 Å². The molecule has 0 atom stereocenters. The first-order valence-electron chi connectivity index (χ1n) is 6.15. The molecule has 0 bridgehead atoms. The molecule has 0 aliphatic heterocycles. The van der Waals surface area contributed by atoms with Crippen LogP contribution < -0.4 is 5.32 Å². The quantitative estimate of drug-likeness (QED) is 0.841. The maximum absolute atomic E-state index is 6.07. The van der Waals surface area contributed by atoms with Gasteiger partial charge in [-0.25, -0.2) is 0 Å². The van der Waals surface area contributed by atoms with Gasteiger partial charge in [0, 0.05) is 27.4 Å². The normalized spacial score (nSPS) is 11.2. The summed E-state index contributed by atoms with van der Waals surface area (Å²) in [4.78, 5) is 2.65. The summed E-state index contributed by atoms with van der Waals surface area (Å²) < 4.78 is 0. The average Bonchev–Trinajstić information content (AvgIpc) is 2.78. The van der Waals surface area contributed by atoms with Crippen molar-refractivity contribution in [2.45, 2.75) is 33.4 Å². The van der Waals surface area contributed by atoms with Gasteiger partial charge >= 0.3 is 0 Å². The molecular weight excluding hydrogens is 262 g/mol. The number of halogens is 1. The van der Waals surface area contributed by atoms with E-state index in [-0.39, 0.29) is 0 Å². The Morgan fingerprint density at radius 1 is 1.22 bits per heavy atom. The molecule has 1 aromatic carbocycles. The number of nitrogens with one attached hydrogen (secondary N) is 1. The van der Waals surface area contributed by atoms with Gasteiger partial charge in [-0.15, -0.1) is 11.3 Å². The molecule has 1 N–H and O–H groups in total. The fourth-order valence-electron chi connectivity index (χ4n) is 1.78. The maximum Gasteiger partial charge on any atom is 0.0412 e. The number of rotatable bonds is 4. The van der Waals surface area contributed by atoms with Crippen molar-refractivity contribution in [1.82, 2.24) is 5.32 Å². The molecule has 0 unspecified atom stereocenters. The van der Waals surface area contributed by atoms with E-state index in [4.69, 9.17) is 11.6 Å². The molecule has 2 rings (SSSR count). The van der Waals surface area contributed by atoms with E-state index in [0.29, 0.717) is 6.04 Å². The van der Waals surface area contributed by atoms with E-state index in [1.54, 1.807) is 0 Å². The molecule has 0 spiro atoms. The number of thiophene rings is 1. The van der Waals surface area contributed by atoms with E-state index in [1.165, 1.54) is 20.9 Å². The van der Waals surface area contributed by atoms with Crippen LogP contribution in [0.1, 0.15) is 24.3 Å². The summed E-state index contributed by atoms with van der Waals surface area (Å²) in [7, 11) is 0. The van der Waals surface area contributed by atoms with Crippen LogP contribution in [0.15, 0.2) is 30.3 Å². The lowest BCUT2D eigenvalue weighted by Gasteiger charge is -2.06. The molecule has 0 saturated carbocycles. The zero-order valence-corrected chi connectivity index (χ0v) is 12.5. The summed E-state index contributed by atoms with van der Waals surface area (Å²) >= 11 is 7.90. The summed E-state index contributed by atoms with van der Waals surface area (Å²) in [5.74, 6) is 0. The standard InChI is InChI=1S/C15H18ClNS/c1-10(2)17-9-13-6-7-15(18-13)14-8-12(16)5-4-11(14)3/h4-8,10,17H,9H2,1-3H3. The predicted molar refractivity (Wildman–Crippen MR) is 81.5 cm³/mol. The average molecular weight is 280 g/mol. The minimum atomic E-state index is 0.517. The van der Waals surface area contributed by atoms with Crippen LogP contribution >= 0.6 is 22.9 Å². The Morgan fingerprint density at radius 3 is 2.72 bits per heavy atom. The number of hydrogen-bond acceptors (Lipinski definition) is 2. The Labute approximate surface area is 118 Å². The van der Waals surface area contributed by atoms with E-state index in [2.05, 4.69) is 44.3 Å². The third-order valence-corrected chi connectivity index (χ3v) is 4.16. The largest absolute Gasteiger partial charge is 0.310 e. The predicted octanol–water partition coefficient (Wildman–Crippen LogP) is 4.87. The summed E-state index contributed by atoms with van der Waals surface area (Å²) in [6.07, 6.45) is 0. The van der Waals surface area contributed by atoms with E-state index >= 15 is 0 Å². The monoisotopic (exact) mass is 279 g/mol. The second-order valence-corrected chi connectivity index (χ2v) is 6.37. The second-order valence-electron chi connectivity index (χ2n) is 4.76. The molecule has 3 heteroatoms. The van der Waals surface area contributed by atoms with Crippen molar-refractivity contribution < 1.29 is 0 Å². The Morgan fingerprint density at radius 2 is 2.00 bits per heavy atom. The molecule has 0 radical (unpaired) electrons. The molecule has 1 heterocycles. The minimum Gasteiger partial charge on any atom is -0.310 e. The number of aryl methyl sites for hydroxylation is 1. The third-order valence-electron chi connectivity index (χ3n) is 2.81. The van der Waals surface area contributed by atoms with E-state index < -0.39 is 0 Å². The third kappa shape index (κ3) is 3.35. The van der Waals surface area contributed by atoms with Crippen LogP contribution in [-0.4, -0.2) is 6.04 Å². The smallest absolute Gasteiger partial charge is 0.0412 e. The molecule has 18 heavy (non-hydrogen) atoms. The molecule has 2 aromatic rings. The van der Waals surface area contributed by atoms with Crippen LogP contribution in [0.25, 0.3) is 10.4 Å². The zero-order chi connectivity index (χ0) is 13.1. The van der Waals surface area contributed by atoms with Crippen molar-refractivity contribution in [3.63, 3.8) is 0 Å². The van der Waals surface area contributed by atoms with Gasteiger partial charge in [-0.2, -0.15) is 0 Å². The van der Waals surface area contributed by atoms with Gasteiger partial charge in [0.15, 0.2) is 0 Å². The van der Waals surface area contributed by atoms with Gasteiger partial charge in [0.2, 0.25) is 0 Å². The van der Waals surface area contributed by atoms with Crippen LogP contribution in [0.4, 0.5) is 0 Å². The van der Waals surface area contributed by atoms with E-state index in [9.17, 15) is 0 Å². The molecule has 96 valence electrons. The van der Waals surface area contributed by atoms with Gasteiger partial charge in [0.1, 0.15) is 0 Å². The van der Waals surface area contributed by atoms with Crippen molar-refractivity contribution in [2.24, 2.45) is 0 Å². The topological polar surface area (TPSA) is 12.0 Å². The van der Waals surface area contributed by atoms with Crippen LogP contribution in [-0.2, 0) is 6.54 Å².